The predicted molar refractivity (Wildman–Crippen MR) is 110 cm³/mol. The lowest BCUT2D eigenvalue weighted by atomic mass is 10.1. The van der Waals surface area contributed by atoms with Gasteiger partial charge in [-0.15, -0.1) is 0 Å². The first kappa shape index (κ1) is 23.0. The number of hydrogen-bond donors (Lipinski definition) is 3. The Morgan fingerprint density at radius 1 is 1.10 bits per heavy atom. The van der Waals surface area contributed by atoms with Gasteiger partial charge < -0.3 is 24.5 Å². The van der Waals surface area contributed by atoms with Crippen molar-refractivity contribution in [1.29, 1.82) is 0 Å². The average Bonchev–Trinajstić information content (AvgIpc) is 2.99. The van der Waals surface area contributed by atoms with Crippen LogP contribution in [0.3, 0.4) is 0 Å². The van der Waals surface area contributed by atoms with Gasteiger partial charge in [0.1, 0.15) is 29.2 Å². The van der Waals surface area contributed by atoms with E-state index >= 15 is 0 Å². The molecule has 2 amide bonds. The van der Waals surface area contributed by atoms with E-state index < -0.39 is 11.9 Å². The summed E-state index contributed by atoms with van der Waals surface area (Å²) in [6.45, 7) is 6.50. The maximum atomic E-state index is 12.5. The number of benzene rings is 1. The van der Waals surface area contributed by atoms with E-state index in [2.05, 4.69) is 5.32 Å². The Morgan fingerprint density at radius 3 is 2.33 bits per heavy atom. The van der Waals surface area contributed by atoms with Crippen LogP contribution in [0.25, 0.3) is 0 Å². The minimum atomic E-state index is -0.889. The first-order valence-corrected chi connectivity index (χ1v) is 9.69. The van der Waals surface area contributed by atoms with Crippen LogP contribution >= 0.6 is 0 Å². The Labute approximate surface area is 175 Å². The first-order chi connectivity index (χ1) is 14.3. The van der Waals surface area contributed by atoms with Gasteiger partial charge in [0.15, 0.2) is 6.54 Å². The Bertz CT molecular complexity index is 904. The molecule has 0 saturated heterocycles. The van der Waals surface area contributed by atoms with Crippen molar-refractivity contribution in [1.82, 2.24) is 0 Å². The Balaban J connectivity index is 2.05. The zero-order valence-corrected chi connectivity index (χ0v) is 17.7. The molecule has 0 spiro atoms. The fourth-order valence-corrected chi connectivity index (χ4v) is 3.04. The number of esters is 1. The molecule has 0 fully saturated rings. The van der Waals surface area contributed by atoms with Gasteiger partial charge >= 0.3 is 5.97 Å². The van der Waals surface area contributed by atoms with Crippen LogP contribution in [-0.4, -0.2) is 44.6 Å². The summed E-state index contributed by atoms with van der Waals surface area (Å²) >= 11 is 0. The highest BCUT2D eigenvalue weighted by molar-refractivity contribution is 6.10. The number of furan rings is 1. The van der Waals surface area contributed by atoms with Crippen molar-refractivity contribution in [3.05, 3.63) is 46.7 Å². The number of carbonyl (C=O) groups excluding carboxylic acids is 3. The topological polar surface area (TPSA) is 125 Å². The van der Waals surface area contributed by atoms with Crippen LogP contribution in [0.4, 0.5) is 5.88 Å². The summed E-state index contributed by atoms with van der Waals surface area (Å²) in [7, 11) is 1.86. The standard InChI is InChI=1S/C21H27N3O6/c1-5-28-15-9-7-14(8-10-15)11-24(4)12-16(25)23-20-18(19(22)26)17(13(3)30-20)21(27)29-6-2/h7-10H,5-6,11-12H2,1-4H3,(H2,22,26)(H,23,25)/p+1. The predicted octanol–water partition coefficient (Wildman–Crippen LogP) is 0.916. The molecule has 0 aliphatic heterocycles. The largest absolute Gasteiger partial charge is 0.494 e. The van der Waals surface area contributed by atoms with Crippen molar-refractivity contribution in [2.75, 3.05) is 32.1 Å². The molecule has 1 atom stereocenters. The molecule has 1 aromatic heterocycles. The minimum absolute atomic E-state index is 0.0743. The third-order valence-corrected chi connectivity index (χ3v) is 4.27. The van der Waals surface area contributed by atoms with Crippen LogP contribution < -0.4 is 20.7 Å². The normalized spacial score (nSPS) is 11.6. The van der Waals surface area contributed by atoms with Crippen molar-refractivity contribution >= 4 is 23.7 Å². The number of amides is 2. The fraction of sp³-hybridized carbons (Fsp3) is 0.381. The Morgan fingerprint density at radius 2 is 1.77 bits per heavy atom. The monoisotopic (exact) mass is 418 g/mol. The van der Waals surface area contributed by atoms with E-state index in [1.807, 2.05) is 38.2 Å². The van der Waals surface area contributed by atoms with Gasteiger partial charge in [0.25, 0.3) is 11.8 Å². The fourth-order valence-electron chi connectivity index (χ4n) is 3.04. The number of rotatable bonds is 10. The number of nitrogens with two attached hydrogens (primary N) is 1. The molecule has 1 aromatic carbocycles. The number of likely N-dealkylation sites (N-methyl/N-ethyl adjacent to an activating group) is 1. The van der Waals surface area contributed by atoms with Crippen molar-refractivity contribution in [2.45, 2.75) is 27.3 Å². The first-order valence-electron chi connectivity index (χ1n) is 9.69. The summed E-state index contributed by atoms with van der Waals surface area (Å²) in [4.78, 5) is 37.4. The van der Waals surface area contributed by atoms with Crippen LogP contribution in [0, 0.1) is 6.92 Å². The molecule has 0 aliphatic rings. The van der Waals surface area contributed by atoms with Gasteiger partial charge in [-0.25, -0.2) is 4.79 Å². The number of aryl methyl sites for hydroxylation is 1. The summed E-state index contributed by atoms with van der Waals surface area (Å²) in [6.07, 6.45) is 0. The van der Waals surface area contributed by atoms with E-state index in [9.17, 15) is 14.4 Å². The quantitative estimate of drug-likeness (QED) is 0.493. The molecule has 2 aromatic rings. The summed E-state index contributed by atoms with van der Waals surface area (Å²) in [5.74, 6) is -1.22. The molecule has 30 heavy (non-hydrogen) atoms. The highest BCUT2D eigenvalue weighted by Crippen LogP contribution is 2.27. The Hall–Kier alpha value is -3.33. The second-order valence-corrected chi connectivity index (χ2v) is 6.76. The van der Waals surface area contributed by atoms with Crippen molar-refractivity contribution in [3.8, 4) is 5.75 Å². The maximum Gasteiger partial charge on any atom is 0.342 e. The lowest BCUT2D eigenvalue weighted by Crippen LogP contribution is -3.08. The molecular formula is C21H28N3O6+. The van der Waals surface area contributed by atoms with E-state index in [-0.39, 0.29) is 41.8 Å². The van der Waals surface area contributed by atoms with E-state index in [1.54, 1.807) is 6.92 Å². The number of primary amides is 1. The molecule has 162 valence electrons. The SMILES string of the molecule is CCOC(=O)c1c(C)oc(NC(=O)C[NH+](C)Cc2ccc(OCC)cc2)c1C(N)=O. The van der Waals surface area contributed by atoms with Gasteiger partial charge in [-0.2, -0.15) is 0 Å². The number of ether oxygens (including phenoxy) is 2. The van der Waals surface area contributed by atoms with Gasteiger partial charge in [0.05, 0.1) is 20.3 Å². The zero-order chi connectivity index (χ0) is 22.3. The van der Waals surface area contributed by atoms with Gasteiger partial charge in [0.2, 0.25) is 5.88 Å². The highest BCUT2D eigenvalue weighted by atomic mass is 16.5. The van der Waals surface area contributed by atoms with Gasteiger partial charge in [-0.05, 0) is 45.0 Å². The second kappa shape index (κ2) is 10.4. The van der Waals surface area contributed by atoms with Crippen LogP contribution in [-0.2, 0) is 16.1 Å². The molecule has 9 heteroatoms. The lowest BCUT2D eigenvalue weighted by Gasteiger charge is -2.14. The summed E-state index contributed by atoms with van der Waals surface area (Å²) < 4.78 is 15.8. The summed E-state index contributed by atoms with van der Waals surface area (Å²) in [5, 5.41) is 2.54. The van der Waals surface area contributed by atoms with Gasteiger partial charge in [0, 0.05) is 5.56 Å². The molecule has 4 N–H and O–H groups in total. The summed E-state index contributed by atoms with van der Waals surface area (Å²) in [5.41, 5.74) is 6.18. The number of quaternary nitrogens is 1. The summed E-state index contributed by atoms with van der Waals surface area (Å²) in [6, 6.07) is 7.65. The van der Waals surface area contributed by atoms with Crippen LogP contribution in [0.1, 0.15) is 45.9 Å². The molecule has 2 rings (SSSR count). The molecule has 0 aliphatic carbocycles. The Kier molecular flexibility index (Phi) is 7.99. The zero-order valence-electron chi connectivity index (χ0n) is 17.7. The smallest absolute Gasteiger partial charge is 0.342 e. The van der Waals surface area contributed by atoms with Crippen molar-refractivity contribution in [2.24, 2.45) is 5.73 Å². The molecule has 0 bridgehead atoms. The number of anilines is 1. The van der Waals surface area contributed by atoms with E-state index in [0.717, 1.165) is 16.2 Å². The second-order valence-electron chi connectivity index (χ2n) is 6.76. The molecular weight excluding hydrogens is 390 g/mol. The average molecular weight is 418 g/mol. The van der Waals surface area contributed by atoms with Crippen molar-refractivity contribution < 1.29 is 33.2 Å². The third kappa shape index (κ3) is 5.84. The number of hydrogen-bond acceptors (Lipinski definition) is 6. The molecule has 9 nitrogen and oxygen atoms in total. The van der Waals surface area contributed by atoms with E-state index in [4.69, 9.17) is 19.6 Å². The molecule has 0 radical (unpaired) electrons. The molecule has 1 heterocycles. The van der Waals surface area contributed by atoms with Crippen LogP contribution in [0.15, 0.2) is 28.7 Å². The molecule has 1 unspecified atom stereocenters. The lowest BCUT2D eigenvalue weighted by molar-refractivity contribution is -0.885. The van der Waals surface area contributed by atoms with Gasteiger partial charge in [-0.3, -0.25) is 14.9 Å². The van der Waals surface area contributed by atoms with Crippen molar-refractivity contribution in [3.63, 3.8) is 0 Å². The van der Waals surface area contributed by atoms with Crippen LogP contribution in [0.2, 0.25) is 0 Å². The highest BCUT2D eigenvalue weighted by Gasteiger charge is 2.29. The number of nitrogens with one attached hydrogen (secondary N) is 2. The van der Waals surface area contributed by atoms with Gasteiger partial charge in [-0.1, -0.05) is 0 Å². The van der Waals surface area contributed by atoms with E-state index in [1.165, 1.54) is 6.92 Å². The minimum Gasteiger partial charge on any atom is -0.494 e. The van der Waals surface area contributed by atoms with Crippen LogP contribution in [0.5, 0.6) is 5.75 Å². The maximum absolute atomic E-state index is 12.5. The van der Waals surface area contributed by atoms with E-state index in [0.29, 0.717) is 13.2 Å². The third-order valence-electron chi connectivity index (χ3n) is 4.27. The molecule has 0 saturated carbocycles. The number of carbonyl (C=O) groups is 3.